The maximum absolute atomic E-state index is 13.0. The number of aromatic nitrogens is 2. The second kappa shape index (κ2) is 6.75. The summed E-state index contributed by atoms with van der Waals surface area (Å²) in [5.41, 5.74) is 1.10. The Morgan fingerprint density at radius 3 is 2.79 bits per heavy atom. The molecule has 0 radical (unpaired) electrons. The maximum Gasteiger partial charge on any atom is 0.275 e. The molecule has 1 fully saturated rings. The Labute approximate surface area is 166 Å². The van der Waals surface area contributed by atoms with Gasteiger partial charge >= 0.3 is 0 Å². The third kappa shape index (κ3) is 3.01. The third-order valence-corrected chi connectivity index (χ3v) is 6.13. The van der Waals surface area contributed by atoms with Crippen molar-refractivity contribution in [2.24, 2.45) is 5.92 Å². The second-order valence-electron chi connectivity index (χ2n) is 7.93. The molecule has 8 heteroatoms. The number of benzene rings is 1. The number of anilines is 1. The van der Waals surface area contributed by atoms with E-state index in [9.17, 15) is 14.8 Å². The molecule has 1 amide bonds. The average molecular weight is 393 g/mol. The molecule has 2 aliphatic heterocycles. The maximum atomic E-state index is 13.0. The number of carbonyl (C=O) groups is 1. The first-order valence-electron chi connectivity index (χ1n) is 9.73. The highest BCUT2D eigenvalue weighted by molar-refractivity contribution is 5.83. The van der Waals surface area contributed by atoms with Crippen LogP contribution in [0.3, 0.4) is 0 Å². The fourth-order valence-electron chi connectivity index (χ4n) is 4.81. The highest BCUT2D eigenvalue weighted by Gasteiger charge is 2.36. The smallest absolute Gasteiger partial charge is 0.275 e. The van der Waals surface area contributed by atoms with Gasteiger partial charge in [0.25, 0.3) is 5.56 Å². The van der Waals surface area contributed by atoms with Crippen LogP contribution in [0.15, 0.2) is 53.5 Å². The molecule has 2 aromatic heterocycles. The first-order chi connectivity index (χ1) is 14.0. The van der Waals surface area contributed by atoms with Crippen LogP contribution in [-0.2, 0) is 17.9 Å². The summed E-state index contributed by atoms with van der Waals surface area (Å²) in [6, 6.07) is 13.1. The second-order valence-corrected chi connectivity index (χ2v) is 7.93. The molecule has 2 bridgehead atoms. The predicted molar refractivity (Wildman–Crippen MR) is 108 cm³/mol. The van der Waals surface area contributed by atoms with Gasteiger partial charge in [-0.2, -0.15) is 0 Å². The molecule has 8 nitrogen and oxygen atoms in total. The molecule has 0 aliphatic carbocycles. The molecule has 0 saturated carbocycles. The van der Waals surface area contributed by atoms with E-state index < -0.39 is 5.56 Å². The summed E-state index contributed by atoms with van der Waals surface area (Å²) in [7, 11) is 0. The molecular formula is C21H21N4O4-. The van der Waals surface area contributed by atoms with E-state index in [0.29, 0.717) is 19.6 Å². The minimum Gasteiger partial charge on any atom is -0.733 e. The zero-order chi connectivity index (χ0) is 20.1. The summed E-state index contributed by atoms with van der Waals surface area (Å²) in [6.07, 6.45) is 2.85. The van der Waals surface area contributed by atoms with E-state index in [2.05, 4.69) is 0 Å². The summed E-state index contributed by atoms with van der Waals surface area (Å²) < 4.78 is 3.55. The lowest BCUT2D eigenvalue weighted by atomic mass is 9.83. The molecule has 0 spiro atoms. The molecule has 2 aliphatic rings. The van der Waals surface area contributed by atoms with E-state index in [1.807, 2.05) is 46.0 Å². The van der Waals surface area contributed by atoms with Crippen LogP contribution in [-0.4, -0.2) is 38.2 Å². The summed E-state index contributed by atoms with van der Waals surface area (Å²) in [6.45, 7) is 1.87. The predicted octanol–water partition coefficient (Wildman–Crippen LogP) is 2.14. The highest BCUT2D eigenvalue weighted by atomic mass is 16.8. The van der Waals surface area contributed by atoms with Crippen LogP contribution in [0.5, 0.6) is 0 Å². The van der Waals surface area contributed by atoms with Crippen LogP contribution in [0.25, 0.3) is 10.9 Å². The fraction of sp³-hybridized carbons (Fsp3) is 0.333. The van der Waals surface area contributed by atoms with Gasteiger partial charge in [0.15, 0.2) is 0 Å². The number of pyridine rings is 1. The van der Waals surface area contributed by atoms with E-state index in [0.717, 1.165) is 23.0 Å². The number of rotatable bonds is 3. The standard InChI is InChI=1S/C21H21N4O4/c26-20(13-22-8-7-15-3-1-2-4-17(15)22)23-10-14-9-16(12-23)18-5-6-19(25(28)29)21(27)24(18)11-14/h1-8,14,16,28H,9-13H2/q-1/t14-,16?/m0/s1. The quantitative estimate of drug-likeness (QED) is 0.688. The number of hydrogen-bond acceptors (Lipinski definition) is 5. The van der Waals surface area contributed by atoms with E-state index in [-0.39, 0.29) is 35.2 Å². The van der Waals surface area contributed by atoms with Gasteiger partial charge in [0.05, 0.1) is 0 Å². The molecule has 5 rings (SSSR count). The van der Waals surface area contributed by atoms with Gasteiger partial charge in [-0.25, -0.2) is 0 Å². The third-order valence-electron chi connectivity index (χ3n) is 6.13. The molecule has 1 aromatic carbocycles. The van der Waals surface area contributed by atoms with Crippen molar-refractivity contribution in [3.63, 3.8) is 0 Å². The SMILES string of the molecule is O=C(Cn1ccc2ccccc21)N1CC2C[C@@H](C1)Cn1c2ccc(N([O-])O)c1=O. The molecule has 3 aromatic rings. The zero-order valence-electron chi connectivity index (χ0n) is 15.8. The van der Waals surface area contributed by atoms with Gasteiger partial charge in [-0.05, 0) is 42.0 Å². The van der Waals surface area contributed by atoms with E-state index in [4.69, 9.17) is 5.21 Å². The lowest BCUT2D eigenvalue weighted by molar-refractivity contribution is -0.134. The van der Waals surface area contributed by atoms with Crippen LogP contribution < -0.4 is 10.8 Å². The minimum absolute atomic E-state index is 0.0494. The Morgan fingerprint density at radius 1 is 1.14 bits per heavy atom. The van der Waals surface area contributed by atoms with Crippen molar-refractivity contribution in [2.75, 3.05) is 18.3 Å². The van der Waals surface area contributed by atoms with Gasteiger partial charge in [-0.3, -0.25) is 14.8 Å². The van der Waals surface area contributed by atoms with Crippen molar-refractivity contribution in [3.8, 4) is 0 Å². The molecule has 1 unspecified atom stereocenters. The molecule has 1 N–H and O–H groups in total. The molecule has 29 heavy (non-hydrogen) atoms. The molecular weight excluding hydrogens is 372 g/mol. The Bertz CT molecular complexity index is 1150. The number of carbonyl (C=O) groups excluding carboxylic acids is 1. The van der Waals surface area contributed by atoms with Gasteiger partial charge in [0, 0.05) is 43.0 Å². The first kappa shape index (κ1) is 18.0. The van der Waals surface area contributed by atoms with Crippen molar-refractivity contribution in [3.05, 3.63) is 69.9 Å². The van der Waals surface area contributed by atoms with Crippen molar-refractivity contribution in [1.82, 2.24) is 14.0 Å². The van der Waals surface area contributed by atoms with Gasteiger partial charge in [-0.15, -0.1) is 0 Å². The van der Waals surface area contributed by atoms with Crippen LogP contribution in [0.4, 0.5) is 5.69 Å². The number of amides is 1. The monoisotopic (exact) mass is 393 g/mol. The van der Waals surface area contributed by atoms with E-state index in [1.54, 1.807) is 10.6 Å². The highest BCUT2D eigenvalue weighted by Crippen LogP contribution is 2.35. The van der Waals surface area contributed by atoms with E-state index in [1.165, 1.54) is 6.07 Å². The largest absolute Gasteiger partial charge is 0.733 e. The fourth-order valence-corrected chi connectivity index (χ4v) is 4.81. The number of likely N-dealkylation sites (tertiary alicyclic amines) is 1. The lowest BCUT2D eigenvalue weighted by Crippen LogP contribution is -2.50. The van der Waals surface area contributed by atoms with Crippen molar-refractivity contribution >= 4 is 22.5 Å². The zero-order valence-corrected chi connectivity index (χ0v) is 15.8. The topological polar surface area (TPSA) is 93.8 Å². The van der Waals surface area contributed by atoms with E-state index >= 15 is 0 Å². The van der Waals surface area contributed by atoms with Gasteiger partial charge < -0.3 is 24.5 Å². The Kier molecular flexibility index (Phi) is 4.18. The van der Waals surface area contributed by atoms with Gasteiger partial charge in [0.2, 0.25) is 5.91 Å². The average Bonchev–Trinajstić information content (AvgIpc) is 3.11. The van der Waals surface area contributed by atoms with Crippen LogP contribution in [0.1, 0.15) is 18.0 Å². The van der Waals surface area contributed by atoms with Crippen LogP contribution >= 0.6 is 0 Å². The number of para-hydroxylation sites is 1. The normalized spacial score (nSPS) is 20.6. The summed E-state index contributed by atoms with van der Waals surface area (Å²) in [5, 5.41) is 21.0. The number of piperidine rings is 1. The van der Waals surface area contributed by atoms with Gasteiger partial charge in [0.1, 0.15) is 12.2 Å². The Balaban J connectivity index is 1.38. The summed E-state index contributed by atoms with van der Waals surface area (Å²) in [5.74, 6) is 0.265. The van der Waals surface area contributed by atoms with Crippen molar-refractivity contribution in [1.29, 1.82) is 0 Å². The molecule has 1 saturated heterocycles. The molecule has 4 heterocycles. The molecule has 150 valence electrons. The number of fused-ring (bicyclic) bond motifs is 5. The Morgan fingerprint density at radius 2 is 1.97 bits per heavy atom. The summed E-state index contributed by atoms with van der Waals surface area (Å²) >= 11 is 0. The lowest BCUT2D eigenvalue weighted by Gasteiger charge is -2.43. The van der Waals surface area contributed by atoms with Crippen LogP contribution in [0, 0.1) is 11.1 Å². The molecule has 2 atom stereocenters. The van der Waals surface area contributed by atoms with Crippen molar-refractivity contribution < 1.29 is 10.0 Å². The number of nitrogens with zero attached hydrogens (tertiary/aromatic N) is 4. The first-order valence-corrected chi connectivity index (χ1v) is 9.73. The van der Waals surface area contributed by atoms with Crippen LogP contribution in [0.2, 0.25) is 0 Å². The summed E-state index contributed by atoms with van der Waals surface area (Å²) in [4.78, 5) is 27.4. The minimum atomic E-state index is -0.478. The number of hydrogen-bond donors (Lipinski definition) is 1. The van der Waals surface area contributed by atoms with Gasteiger partial charge in [-0.1, -0.05) is 18.2 Å². The Hall–Kier alpha value is -3.10. The van der Waals surface area contributed by atoms with Crippen molar-refractivity contribution in [2.45, 2.75) is 25.4 Å².